The van der Waals surface area contributed by atoms with Crippen molar-refractivity contribution in [1.29, 1.82) is 0 Å². The van der Waals surface area contributed by atoms with Gasteiger partial charge in [0.25, 0.3) is 0 Å². The van der Waals surface area contributed by atoms with Crippen LogP contribution < -0.4 is 14.8 Å². The van der Waals surface area contributed by atoms with Crippen molar-refractivity contribution in [2.75, 3.05) is 12.4 Å². The van der Waals surface area contributed by atoms with Crippen LogP contribution in [0, 0.1) is 0 Å². The third-order valence-electron chi connectivity index (χ3n) is 5.05. The zero-order valence-corrected chi connectivity index (χ0v) is 18.6. The highest BCUT2D eigenvalue weighted by Crippen LogP contribution is 2.29. The third-order valence-corrected chi connectivity index (χ3v) is 5.05. The molecule has 0 fully saturated rings. The molecule has 0 spiro atoms. The highest BCUT2D eigenvalue weighted by molar-refractivity contribution is 5.87. The molecule has 6 heteroatoms. The maximum absolute atomic E-state index is 11.1. The first-order valence-electron chi connectivity index (χ1n) is 10.7. The summed E-state index contributed by atoms with van der Waals surface area (Å²) < 4.78 is 11.3. The van der Waals surface area contributed by atoms with Gasteiger partial charge in [-0.3, -0.25) is 4.99 Å². The number of aliphatic imine (C=N–C) groups is 1. The molecule has 0 aliphatic carbocycles. The van der Waals surface area contributed by atoms with E-state index in [1.54, 1.807) is 31.5 Å². The zero-order chi connectivity index (χ0) is 23.8. The summed E-state index contributed by atoms with van der Waals surface area (Å²) in [7, 11) is 1.58. The van der Waals surface area contributed by atoms with Gasteiger partial charge in [-0.15, -0.1) is 0 Å². The van der Waals surface area contributed by atoms with Gasteiger partial charge in [0.15, 0.2) is 11.5 Å². The number of para-hydroxylation sites is 1. The lowest BCUT2D eigenvalue weighted by Gasteiger charge is -2.11. The molecule has 0 atom stereocenters. The van der Waals surface area contributed by atoms with Gasteiger partial charge in [0.05, 0.1) is 18.4 Å². The summed E-state index contributed by atoms with van der Waals surface area (Å²) in [5.74, 6) is 0.169. The molecule has 0 bridgehead atoms. The van der Waals surface area contributed by atoms with Crippen LogP contribution in [0.3, 0.4) is 0 Å². The van der Waals surface area contributed by atoms with Crippen molar-refractivity contribution in [3.8, 4) is 11.5 Å². The number of nitrogens with one attached hydrogen (secondary N) is 1. The van der Waals surface area contributed by atoms with Crippen LogP contribution >= 0.6 is 0 Å². The van der Waals surface area contributed by atoms with Crippen molar-refractivity contribution >= 4 is 29.2 Å². The Labute approximate surface area is 198 Å². The number of nitrogens with zero attached hydrogens (tertiary/aromatic N) is 1. The lowest BCUT2D eigenvalue weighted by atomic mass is 10.1. The molecule has 0 saturated heterocycles. The van der Waals surface area contributed by atoms with E-state index in [4.69, 9.17) is 14.6 Å². The fourth-order valence-electron chi connectivity index (χ4n) is 3.31. The summed E-state index contributed by atoms with van der Waals surface area (Å²) >= 11 is 0. The van der Waals surface area contributed by atoms with Gasteiger partial charge in [-0.05, 0) is 77.9 Å². The Hall–Kier alpha value is -4.58. The number of carbonyl (C=O) groups is 1. The Kier molecular flexibility index (Phi) is 7.20. The lowest BCUT2D eigenvalue weighted by molar-refractivity contribution is 0.0696. The highest BCUT2D eigenvalue weighted by atomic mass is 16.5. The minimum absolute atomic E-state index is 0.225. The highest BCUT2D eigenvalue weighted by Gasteiger charge is 2.08. The van der Waals surface area contributed by atoms with Crippen molar-refractivity contribution in [3.63, 3.8) is 0 Å². The molecule has 0 heterocycles. The van der Waals surface area contributed by atoms with Crippen LogP contribution in [0.2, 0.25) is 0 Å². The summed E-state index contributed by atoms with van der Waals surface area (Å²) in [6, 6.07) is 30.1. The number of hydrogen-bond acceptors (Lipinski definition) is 5. The van der Waals surface area contributed by atoms with E-state index in [9.17, 15) is 4.79 Å². The fraction of sp³-hybridized carbons (Fsp3) is 0.0714. The smallest absolute Gasteiger partial charge is 0.335 e. The maximum Gasteiger partial charge on any atom is 0.335 e. The van der Waals surface area contributed by atoms with Crippen LogP contribution in [-0.2, 0) is 6.61 Å². The molecule has 170 valence electrons. The zero-order valence-electron chi connectivity index (χ0n) is 18.6. The minimum atomic E-state index is -0.967. The second kappa shape index (κ2) is 10.8. The van der Waals surface area contributed by atoms with E-state index in [0.29, 0.717) is 11.5 Å². The topological polar surface area (TPSA) is 80.1 Å². The van der Waals surface area contributed by atoms with E-state index in [0.717, 1.165) is 28.2 Å². The van der Waals surface area contributed by atoms with Crippen molar-refractivity contribution < 1.29 is 19.4 Å². The molecule has 2 N–H and O–H groups in total. The predicted octanol–water partition coefficient (Wildman–Crippen LogP) is 6.47. The first kappa shape index (κ1) is 22.6. The number of methoxy groups -OCH3 is 1. The average molecular weight is 453 g/mol. The SMILES string of the molecule is COc1cc(C=Nc2ccc(Nc3ccccc3)cc2)ccc1OCc1cccc(C(=O)O)c1. The summed E-state index contributed by atoms with van der Waals surface area (Å²) in [5.41, 5.74) is 4.70. The largest absolute Gasteiger partial charge is 0.493 e. The number of hydrogen-bond donors (Lipinski definition) is 2. The number of rotatable bonds is 9. The number of benzene rings is 4. The van der Waals surface area contributed by atoms with Crippen LogP contribution in [0.1, 0.15) is 21.5 Å². The van der Waals surface area contributed by atoms with E-state index >= 15 is 0 Å². The molecular weight excluding hydrogens is 428 g/mol. The van der Waals surface area contributed by atoms with Crippen molar-refractivity contribution in [1.82, 2.24) is 0 Å². The lowest BCUT2D eigenvalue weighted by Crippen LogP contribution is -2.01. The first-order valence-corrected chi connectivity index (χ1v) is 10.7. The van der Waals surface area contributed by atoms with Crippen LogP contribution in [0.15, 0.2) is 102 Å². The fourth-order valence-corrected chi connectivity index (χ4v) is 3.31. The molecule has 0 radical (unpaired) electrons. The molecule has 4 aromatic carbocycles. The van der Waals surface area contributed by atoms with Gasteiger partial charge >= 0.3 is 5.97 Å². The summed E-state index contributed by atoms with van der Waals surface area (Å²) in [6.45, 7) is 0.230. The summed E-state index contributed by atoms with van der Waals surface area (Å²) in [6.07, 6.45) is 1.77. The molecule has 6 nitrogen and oxygen atoms in total. The average Bonchev–Trinajstić information content (AvgIpc) is 2.88. The Morgan fingerprint density at radius 3 is 2.38 bits per heavy atom. The quantitative estimate of drug-likeness (QED) is 0.285. The number of aromatic carboxylic acids is 1. The van der Waals surface area contributed by atoms with E-state index in [1.165, 1.54) is 0 Å². The normalized spacial score (nSPS) is 10.7. The third kappa shape index (κ3) is 6.01. The summed E-state index contributed by atoms with van der Waals surface area (Å²) in [4.78, 5) is 15.7. The maximum atomic E-state index is 11.1. The number of carboxylic acid groups (broad SMARTS) is 1. The minimum Gasteiger partial charge on any atom is -0.493 e. The molecule has 4 rings (SSSR count). The van der Waals surface area contributed by atoms with E-state index < -0.39 is 5.97 Å². The van der Waals surface area contributed by atoms with E-state index in [-0.39, 0.29) is 12.2 Å². The second-order valence-corrected chi connectivity index (χ2v) is 7.50. The Bertz CT molecular complexity index is 1290. The molecular formula is C28H24N2O4. The number of carboxylic acids is 1. The Morgan fingerprint density at radius 1 is 0.882 bits per heavy atom. The van der Waals surface area contributed by atoms with Gasteiger partial charge in [-0.25, -0.2) is 4.79 Å². The molecule has 0 aliphatic heterocycles. The van der Waals surface area contributed by atoms with E-state index in [2.05, 4.69) is 10.3 Å². The Balaban J connectivity index is 1.40. The van der Waals surface area contributed by atoms with Gasteiger partial charge in [0.1, 0.15) is 6.61 Å². The van der Waals surface area contributed by atoms with Crippen LogP contribution in [0.5, 0.6) is 11.5 Å². The van der Waals surface area contributed by atoms with Gasteiger partial charge in [0.2, 0.25) is 0 Å². The monoisotopic (exact) mass is 452 g/mol. The van der Waals surface area contributed by atoms with Crippen molar-refractivity contribution in [2.45, 2.75) is 6.61 Å². The number of ether oxygens (including phenoxy) is 2. The standard InChI is InChI=1S/C28H24N2O4/c1-33-27-17-20(10-15-26(27)34-19-21-6-5-7-22(16-21)28(31)32)18-29-23-11-13-25(14-12-23)30-24-8-3-2-4-9-24/h2-18,30H,19H2,1H3,(H,31,32). The van der Waals surface area contributed by atoms with Gasteiger partial charge in [-0.2, -0.15) is 0 Å². The first-order chi connectivity index (χ1) is 16.6. The molecule has 0 saturated carbocycles. The van der Waals surface area contributed by atoms with Crippen LogP contribution in [0.25, 0.3) is 0 Å². The molecule has 34 heavy (non-hydrogen) atoms. The van der Waals surface area contributed by atoms with E-state index in [1.807, 2.05) is 78.9 Å². The Morgan fingerprint density at radius 2 is 1.65 bits per heavy atom. The molecule has 4 aromatic rings. The summed E-state index contributed by atoms with van der Waals surface area (Å²) in [5, 5.41) is 12.5. The second-order valence-electron chi connectivity index (χ2n) is 7.50. The van der Waals surface area contributed by atoms with Crippen LogP contribution in [0.4, 0.5) is 17.1 Å². The van der Waals surface area contributed by atoms with Crippen molar-refractivity contribution in [3.05, 3.63) is 114 Å². The molecule has 0 unspecified atom stereocenters. The van der Waals surface area contributed by atoms with Crippen LogP contribution in [-0.4, -0.2) is 24.4 Å². The molecule has 0 aromatic heterocycles. The molecule has 0 amide bonds. The van der Waals surface area contributed by atoms with Gasteiger partial charge in [-0.1, -0.05) is 30.3 Å². The molecule has 0 aliphatic rings. The van der Waals surface area contributed by atoms with Gasteiger partial charge < -0.3 is 19.9 Å². The predicted molar refractivity (Wildman–Crippen MR) is 134 cm³/mol. The van der Waals surface area contributed by atoms with Crippen molar-refractivity contribution in [2.24, 2.45) is 4.99 Å². The van der Waals surface area contributed by atoms with Gasteiger partial charge in [0, 0.05) is 17.6 Å². The number of anilines is 2.